The Morgan fingerprint density at radius 1 is 1.25 bits per heavy atom. The van der Waals surface area contributed by atoms with E-state index in [0.717, 1.165) is 11.3 Å². The van der Waals surface area contributed by atoms with Crippen molar-refractivity contribution in [3.63, 3.8) is 0 Å². The molecule has 4 nitrogen and oxygen atoms in total. The lowest BCUT2D eigenvalue weighted by Crippen LogP contribution is -2.13. The summed E-state index contributed by atoms with van der Waals surface area (Å²) < 4.78 is 12.8. The molecule has 0 aliphatic heterocycles. The van der Waals surface area contributed by atoms with Gasteiger partial charge >= 0.3 is 0 Å². The second-order valence-electron chi connectivity index (χ2n) is 4.39. The molecule has 0 aliphatic carbocycles. The lowest BCUT2D eigenvalue weighted by Gasteiger charge is -2.01. The van der Waals surface area contributed by atoms with Gasteiger partial charge in [0, 0.05) is 6.42 Å². The molecule has 6 heteroatoms. The van der Waals surface area contributed by atoms with Gasteiger partial charge in [-0.2, -0.15) is 0 Å². The minimum Gasteiger partial charge on any atom is -0.390 e. The van der Waals surface area contributed by atoms with Crippen molar-refractivity contribution in [2.75, 3.05) is 5.73 Å². The second kappa shape index (κ2) is 5.42. The van der Waals surface area contributed by atoms with Crippen molar-refractivity contribution in [3.05, 3.63) is 51.7 Å². The van der Waals surface area contributed by atoms with E-state index >= 15 is 0 Å². The predicted molar refractivity (Wildman–Crippen MR) is 76.4 cm³/mol. The highest BCUT2D eigenvalue weighted by atomic mass is 32.1. The number of nitrogen functional groups attached to an aromatic ring is 1. The zero-order valence-electron chi connectivity index (χ0n) is 10.8. The fraction of sp³-hybridized carbons (Fsp3) is 0.143. The molecule has 0 spiro atoms. The van der Waals surface area contributed by atoms with Crippen molar-refractivity contribution in [1.29, 1.82) is 0 Å². The molecular formula is C14H13FN2O2S. The summed E-state index contributed by atoms with van der Waals surface area (Å²) in [5.74, 6) is -1.16. The SMILES string of the molecule is Cc1c(C(=O)Cc2ccc(F)cc2)sc(N)c1C(N)=O. The van der Waals surface area contributed by atoms with Crippen LogP contribution in [-0.4, -0.2) is 11.7 Å². The number of amides is 1. The molecule has 2 rings (SSSR count). The van der Waals surface area contributed by atoms with Gasteiger partial charge in [0.25, 0.3) is 5.91 Å². The number of thiophene rings is 1. The number of carbonyl (C=O) groups excluding carboxylic acids is 2. The first-order valence-corrected chi connectivity index (χ1v) is 6.68. The van der Waals surface area contributed by atoms with E-state index in [2.05, 4.69) is 0 Å². The normalized spacial score (nSPS) is 10.5. The molecule has 0 bridgehead atoms. The van der Waals surface area contributed by atoms with Crippen molar-refractivity contribution in [3.8, 4) is 0 Å². The van der Waals surface area contributed by atoms with E-state index < -0.39 is 5.91 Å². The fourth-order valence-corrected chi connectivity index (χ4v) is 2.99. The Bertz CT molecular complexity index is 677. The van der Waals surface area contributed by atoms with Crippen molar-refractivity contribution in [2.45, 2.75) is 13.3 Å². The van der Waals surface area contributed by atoms with Crippen LogP contribution in [0.15, 0.2) is 24.3 Å². The topological polar surface area (TPSA) is 86.2 Å². The minimum absolute atomic E-state index is 0.124. The third-order valence-electron chi connectivity index (χ3n) is 2.95. The molecule has 0 radical (unpaired) electrons. The van der Waals surface area contributed by atoms with E-state index in [9.17, 15) is 14.0 Å². The molecular weight excluding hydrogens is 279 g/mol. The van der Waals surface area contributed by atoms with Crippen molar-refractivity contribution in [1.82, 2.24) is 0 Å². The highest BCUT2D eigenvalue weighted by Gasteiger charge is 2.21. The number of nitrogens with two attached hydrogens (primary N) is 2. The van der Waals surface area contributed by atoms with Gasteiger partial charge in [0.1, 0.15) is 5.82 Å². The number of primary amides is 1. The Hall–Kier alpha value is -2.21. The quantitative estimate of drug-likeness (QED) is 0.848. The van der Waals surface area contributed by atoms with Crippen molar-refractivity contribution < 1.29 is 14.0 Å². The van der Waals surface area contributed by atoms with Crippen molar-refractivity contribution in [2.24, 2.45) is 5.73 Å². The van der Waals surface area contributed by atoms with Gasteiger partial charge in [0.2, 0.25) is 0 Å². The summed E-state index contributed by atoms with van der Waals surface area (Å²) in [7, 11) is 0. The monoisotopic (exact) mass is 292 g/mol. The summed E-state index contributed by atoms with van der Waals surface area (Å²) in [6.45, 7) is 1.64. The Morgan fingerprint density at radius 2 is 1.85 bits per heavy atom. The van der Waals surface area contributed by atoms with Crippen molar-refractivity contribution >= 4 is 28.0 Å². The summed E-state index contributed by atoms with van der Waals surface area (Å²) in [5.41, 5.74) is 12.4. The van der Waals surface area contributed by atoms with E-state index in [1.165, 1.54) is 12.1 Å². The first-order chi connectivity index (χ1) is 9.40. The number of rotatable bonds is 4. The number of carbonyl (C=O) groups is 2. The molecule has 2 aromatic rings. The zero-order valence-corrected chi connectivity index (χ0v) is 11.6. The largest absolute Gasteiger partial charge is 0.390 e. The molecule has 20 heavy (non-hydrogen) atoms. The number of halogens is 1. The predicted octanol–water partition coefficient (Wildman–Crippen LogP) is 2.30. The summed E-state index contributed by atoms with van der Waals surface area (Å²) in [5, 5.41) is 0.248. The smallest absolute Gasteiger partial charge is 0.251 e. The zero-order chi connectivity index (χ0) is 14.9. The molecule has 1 aromatic carbocycles. The average molecular weight is 292 g/mol. The molecule has 1 amide bonds. The lowest BCUT2D eigenvalue weighted by molar-refractivity contribution is 0.0995. The first-order valence-electron chi connectivity index (χ1n) is 5.86. The number of hydrogen-bond donors (Lipinski definition) is 2. The van der Waals surface area contributed by atoms with E-state index in [0.29, 0.717) is 16.0 Å². The van der Waals surface area contributed by atoms with Gasteiger partial charge < -0.3 is 11.5 Å². The van der Waals surface area contributed by atoms with E-state index in [1.54, 1.807) is 19.1 Å². The Kier molecular flexibility index (Phi) is 3.85. The summed E-state index contributed by atoms with van der Waals surface area (Å²) in [4.78, 5) is 23.9. The molecule has 1 heterocycles. The summed E-state index contributed by atoms with van der Waals surface area (Å²) in [6, 6.07) is 5.70. The molecule has 0 saturated heterocycles. The molecule has 0 fully saturated rings. The highest BCUT2D eigenvalue weighted by Crippen LogP contribution is 2.31. The Labute approximate surface area is 119 Å². The van der Waals surface area contributed by atoms with Gasteiger partial charge in [-0.25, -0.2) is 4.39 Å². The maximum absolute atomic E-state index is 12.8. The van der Waals surface area contributed by atoms with Crippen LogP contribution in [0.1, 0.15) is 31.2 Å². The van der Waals surface area contributed by atoms with E-state index in [-0.39, 0.29) is 28.6 Å². The van der Waals surface area contributed by atoms with Gasteiger partial charge in [0.05, 0.1) is 15.4 Å². The summed E-state index contributed by atoms with van der Waals surface area (Å²) >= 11 is 1.05. The van der Waals surface area contributed by atoms with Crippen LogP contribution in [0.4, 0.5) is 9.39 Å². The molecule has 0 unspecified atom stereocenters. The number of Topliss-reactive ketones (excluding diaryl/α,β-unsaturated/α-hetero) is 1. The van der Waals surface area contributed by atoms with E-state index in [1.807, 2.05) is 0 Å². The van der Waals surface area contributed by atoms with E-state index in [4.69, 9.17) is 11.5 Å². The molecule has 4 N–H and O–H groups in total. The van der Waals surface area contributed by atoms with Crippen LogP contribution in [-0.2, 0) is 6.42 Å². The molecule has 0 aliphatic rings. The van der Waals surface area contributed by atoms with Gasteiger partial charge in [-0.1, -0.05) is 12.1 Å². The molecule has 0 atom stereocenters. The number of ketones is 1. The fourth-order valence-electron chi connectivity index (χ4n) is 1.98. The lowest BCUT2D eigenvalue weighted by atomic mass is 10.0. The van der Waals surface area contributed by atoms with Gasteiger partial charge in [-0.05, 0) is 30.2 Å². The minimum atomic E-state index is -0.642. The van der Waals surface area contributed by atoms with Crippen LogP contribution < -0.4 is 11.5 Å². The maximum atomic E-state index is 12.8. The molecule has 0 saturated carbocycles. The van der Waals surface area contributed by atoms with Gasteiger partial charge in [-0.3, -0.25) is 9.59 Å². The van der Waals surface area contributed by atoms with Gasteiger partial charge in [-0.15, -0.1) is 11.3 Å². The number of benzene rings is 1. The number of anilines is 1. The second-order valence-corrected chi connectivity index (χ2v) is 5.44. The third-order valence-corrected chi connectivity index (χ3v) is 4.11. The van der Waals surface area contributed by atoms with Crippen LogP contribution in [0.5, 0.6) is 0 Å². The van der Waals surface area contributed by atoms with Crippen LogP contribution >= 0.6 is 11.3 Å². The Balaban J connectivity index is 2.28. The summed E-state index contributed by atoms with van der Waals surface area (Å²) in [6.07, 6.45) is 0.124. The molecule has 104 valence electrons. The Morgan fingerprint density at radius 3 is 2.35 bits per heavy atom. The van der Waals surface area contributed by atoms with Crippen LogP contribution in [0.3, 0.4) is 0 Å². The standard InChI is InChI=1S/C14H13FN2O2S/c1-7-11(13(16)19)14(17)20-12(7)10(18)6-8-2-4-9(15)5-3-8/h2-5H,6,17H2,1H3,(H2,16,19). The van der Waals surface area contributed by atoms with Gasteiger partial charge in [0.15, 0.2) is 5.78 Å². The third kappa shape index (κ3) is 2.70. The highest BCUT2D eigenvalue weighted by molar-refractivity contribution is 7.18. The molecule has 1 aromatic heterocycles. The van der Waals surface area contributed by atoms with Crippen LogP contribution in [0.25, 0.3) is 0 Å². The average Bonchev–Trinajstić information content (AvgIpc) is 2.67. The maximum Gasteiger partial charge on any atom is 0.251 e. The van der Waals surface area contributed by atoms with Crippen LogP contribution in [0, 0.1) is 12.7 Å². The first kappa shape index (κ1) is 14.2. The van der Waals surface area contributed by atoms with Crippen LogP contribution in [0.2, 0.25) is 0 Å². The number of hydrogen-bond acceptors (Lipinski definition) is 4.